The van der Waals surface area contributed by atoms with Crippen LogP contribution >= 0.6 is 0 Å². The van der Waals surface area contributed by atoms with E-state index in [-0.39, 0.29) is 17.7 Å². The van der Waals surface area contributed by atoms with E-state index in [4.69, 9.17) is 9.47 Å². The average Bonchev–Trinajstić information content (AvgIpc) is 3.03. The van der Waals surface area contributed by atoms with Gasteiger partial charge in [-0.1, -0.05) is 31.5 Å². The molecule has 128 valence electrons. The summed E-state index contributed by atoms with van der Waals surface area (Å²) in [5.74, 6) is 1.32. The van der Waals surface area contributed by atoms with E-state index in [1.807, 2.05) is 18.2 Å². The van der Waals surface area contributed by atoms with Gasteiger partial charge in [0.2, 0.25) is 16.8 Å². The molecule has 0 radical (unpaired) electrons. The van der Waals surface area contributed by atoms with Crippen LogP contribution in [0.2, 0.25) is 0 Å². The van der Waals surface area contributed by atoms with E-state index in [2.05, 4.69) is 11.6 Å². The second-order valence-corrected chi connectivity index (χ2v) is 7.56. The van der Waals surface area contributed by atoms with Crippen LogP contribution in [0.1, 0.15) is 37.4 Å². The molecule has 0 saturated carbocycles. The van der Waals surface area contributed by atoms with Crippen LogP contribution in [0.5, 0.6) is 11.5 Å². The van der Waals surface area contributed by atoms with E-state index in [1.54, 1.807) is 31.2 Å². The Morgan fingerprint density at radius 1 is 1.08 bits per heavy atom. The number of ether oxygens (including phenoxy) is 2. The summed E-state index contributed by atoms with van der Waals surface area (Å²) < 4.78 is 38.4. The molecule has 0 aromatic heterocycles. The van der Waals surface area contributed by atoms with Crippen LogP contribution in [0, 0.1) is 0 Å². The molecule has 0 aliphatic carbocycles. The standard InChI is InChI=1S/C18H21NO4S/c1-3-4-14-5-8-16(9-6-14)24(20,21)19-13(2)15-7-10-17-18(11-15)23-12-22-17/h5-11,13,19H,3-4,12H2,1-2H3. The number of hydrogen-bond donors (Lipinski definition) is 1. The molecule has 1 atom stereocenters. The molecule has 0 bridgehead atoms. The van der Waals surface area contributed by atoms with Gasteiger partial charge in [0.25, 0.3) is 0 Å². The van der Waals surface area contributed by atoms with Gasteiger partial charge in [0.1, 0.15) is 0 Å². The minimum atomic E-state index is -3.58. The molecule has 0 spiro atoms. The molecule has 3 rings (SSSR count). The first-order valence-corrected chi connectivity index (χ1v) is 9.49. The van der Waals surface area contributed by atoms with Gasteiger partial charge in [-0.15, -0.1) is 0 Å². The first-order valence-electron chi connectivity index (χ1n) is 8.00. The molecule has 1 aliphatic heterocycles. The van der Waals surface area contributed by atoms with Gasteiger partial charge in [-0.05, 0) is 48.7 Å². The molecule has 1 heterocycles. The van der Waals surface area contributed by atoms with Crippen molar-refractivity contribution in [2.45, 2.75) is 37.6 Å². The highest BCUT2D eigenvalue weighted by Crippen LogP contribution is 2.34. The normalized spacial score (nSPS) is 14.6. The number of rotatable bonds is 6. The van der Waals surface area contributed by atoms with E-state index >= 15 is 0 Å². The molecule has 2 aromatic carbocycles. The van der Waals surface area contributed by atoms with E-state index < -0.39 is 10.0 Å². The van der Waals surface area contributed by atoms with Crippen LogP contribution in [0.15, 0.2) is 47.4 Å². The van der Waals surface area contributed by atoms with Crippen molar-refractivity contribution in [2.75, 3.05) is 6.79 Å². The Morgan fingerprint density at radius 2 is 1.79 bits per heavy atom. The first-order chi connectivity index (χ1) is 11.5. The van der Waals surface area contributed by atoms with Crippen molar-refractivity contribution in [3.05, 3.63) is 53.6 Å². The maximum atomic E-state index is 12.6. The van der Waals surface area contributed by atoms with Crippen molar-refractivity contribution in [3.8, 4) is 11.5 Å². The molecule has 0 amide bonds. The summed E-state index contributed by atoms with van der Waals surface area (Å²) in [6.07, 6.45) is 1.98. The number of hydrogen-bond acceptors (Lipinski definition) is 4. The lowest BCUT2D eigenvalue weighted by Crippen LogP contribution is -2.26. The highest BCUT2D eigenvalue weighted by atomic mass is 32.2. The topological polar surface area (TPSA) is 64.6 Å². The Hall–Kier alpha value is -2.05. The second-order valence-electron chi connectivity index (χ2n) is 5.85. The van der Waals surface area contributed by atoms with Gasteiger partial charge in [-0.2, -0.15) is 0 Å². The summed E-state index contributed by atoms with van der Waals surface area (Å²) in [4.78, 5) is 0.273. The molecule has 1 aliphatic rings. The lowest BCUT2D eigenvalue weighted by Gasteiger charge is -2.15. The number of fused-ring (bicyclic) bond motifs is 1. The summed E-state index contributed by atoms with van der Waals surface area (Å²) in [6.45, 7) is 4.10. The van der Waals surface area contributed by atoms with Crippen molar-refractivity contribution in [1.82, 2.24) is 4.72 Å². The Labute approximate surface area is 142 Å². The van der Waals surface area contributed by atoms with Gasteiger partial charge in [0.15, 0.2) is 11.5 Å². The smallest absolute Gasteiger partial charge is 0.241 e. The lowest BCUT2D eigenvalue weighted by molar-refractivity contribution is 0.174. The number of nitrogens with one attached hydrogen (secondary N) is 1. The van der Waals surface area contributed by atoms with E-state index in [0.717, 1.165) is 24.0 Å². The Kier molecular flexibility index (Phi) is 4.78. The van der Waals surface area contributed by atoms with Gasteiger partial charge in [-0.25, -0.2) is 13.1 Å². The van der Waals surface area contributed by atoms with Crippen LogP contribution in [-0.4, -0.2) is 15.2 Å². The quantitative estimate of drug-likeness (QED) is 0.870. The fourth-order valence-electron chi connectivity index (χ4n) is 2.68. The monoisotopic (exact) mass is 347 g/mol. The summed E-state index contributed by atoms with van der Waals surface area (Å²) in [6, 6.07) is 12.1. The largest absolute Gasteiger partial charge is 0.454 e. The second kappa shape index (κ2) is 6.83. The molecular formula is C18H21NO4S. The third-order valence-electron chi connectivity index (χ3n) is 4.00. The Bertz CT molecular complexity index is 815. The molecule has 1 N–H and O–H groups in total. The predicted octanol–water partition coefficient (Wildman–Crippen LogP) is 3.41. The maximum absolute atomic E-state index is 12.6. The van der Waals surface area contributed by atoms with E-state index in [0.29, 0.717) is 11.5 Å². The van der Waals surface area contributed by atoms with E-state index in [1.165, 1.54) is 0 Å². The molecule has 5 nitrogen and oxygen atoms in total. The van der Waals surface area contributed by atoms with Crippen LogP contribution in [0.3, 0.4) is 0 Å². The van der Waals surface area contributed by atoms with Crippen molar-refractivity contribution < 1.29 is 17.9 Å². The molecule has 2 aromatic rings. The Morgan fingerprint density at radius 3 is 2.50 bits per heavy atom. The molecule has 0 fully saturated rings. The van der Waals surface area contributed by atoms with Gasteiger partial charge < -0.3 is 9.47 Å². The van der Waals surface area contributed by atoms with Crippen molar-refractivity contribution in [3.63, 3.8) is 0 Å². The summed E-state index contributed by atoms with van der Waals surface area (Å²) >= 11 is 0. The van der Waals surface area contributed by atoms with Gasteiger partial charge in [-0.3, -0.25) is 0 Å². The number of sulfonamides is 1. The fourth-order valence-corrected chi connectivity index (χ4v) is 3.91. The molecule has 24 heavy (non-hydrogen) atoms. The highest BCUT2D eigenvalue weighted by Gasteiger charge is 2.21. The zero-order chi connectivity index (χ0) is 17.2. The molecule has 0 saturated heterocycles. The van der Waals surface area contributed by atoms with Gasteiger partial charge >= 0.3 is 0 Å². The minimum Gasteiger partial charge on any atom is -0.454 e. The number of benzene rings is 2. The minimum absolute atomic E-state index is 0.197. The summed E-state index contributed by atoms with van der Waals surface area (Å²) in [5.41, 5.74) is 1.96. The lowest BCUT2D eigenvalue weighted by atomic mass is 10.1. The molecular weight excluding hydrogens is 326 g/mol. The highest BCUT2D eigenvalue weighted by molar-refractivity contribution is 7.89. The average molecular weight is 347 g/mol. The van der Waals surface area contributed by atoms with Gasteiger partial charge in [0, 0.05) is 6.04 Å². The predicted molar refractivity (Wildman–Crippen MR) is 91.7 cm³/mol. The zero-order valence-electron chi connectivity index (χ0n) is 13.8. The third kappa shape index (κ3) is 3.55. The third-order valence-corrected chi connectivity index (χ3v) is 5.56. The summed E-state index contributed by atoms with van der Waals surface area (Å²) in [5, 5.41) is 0. The first kappa shape index (κ1) is 16.8. The van der Waals surface area contributed by atoms with Gasteiger partial charge in [0.05, 0.1) is 4.90 Å². The van der Waals surface area contributed by atoms with Crippen LogP contribution < -0.4 is 14.2 Å². The maximum Gasteiger partial charge on any atom is 0.241 e. The van der Waals surface area contributed by atoms with Crippen molar-refractivity contribution in [2.24, 2.45) is 0 Å². The SMILES string of the molecule is CCCc1ccc(S(=O)(=O)NC(C)c2ccc3c(c2)OCO3)cc1. The van der Waals surface area contributed by atoms with Crippen LogP contribution in [0.4, 0.5) is 0 Å². The van der Waals surface area contributed by atoms with Crippen molar-refractivity contribution >= 4 is 10.0 Å². The summed E-state index contributed by atoms with van der Waals surface area (Å²) in [7, 11) is -3.58. The molecule has 6 heteroatoms. The number of aryl methyl sites for hydroxylation is 1. The van der Waals surface area contributed by atoms with E-state index in [9.17, 15) is 8.42 Å². The van der Waals surface area contributed by atoms with Crippen molar-refractivity contribution in [1.29, 1.82) is 0 Å². The van der Waals surface area contributed by atoms with Crippen LogP contribution in [-0.2, 0) is 16.4 Å². The zero-order valence-corrected chi connectivity index (χ0v) is 14.6. The fraction of sp³-hybridized carbons (Fsp3) is 0.333. The van der Waals surface area contributed by atoms with Crippen LogP contribution in [0.25, 0.3) is 0 Å². The Balaban J connectivity index is 1.76. The molecule has 1 unspecified atom stereocenters.